The maximum absolute atomic E-state index is 12.6. The molecule has 3 aromatic rings. The van der Waals surface area contributed by atoms with Crippen LogP contribution in [0.25, 0.3) is 0 Å². The van der Waals surface area contributed by atoms with Gasteiger partial charge in [-0.25, -0.2) is 8.42 Å². The average Bonchev–Trinajstić information content (AvgIpc) is 2.72. The summed E-state index contributed by atoms with van der Waals surface area (Å²) in [4.78, 5) is 12.4. The molecule has 2 N–H and O–H groups in total. The van der Waals surface area contributed by atoms with E-state index in [4.69, 9.17) is 16.3 Å². The number of amides is 1. The molecule has 0 aliphatic carbocycles. The zero-order valence-electron chi connectivity index (χ0n) is 15.8. The number of benzene rings is 3. The van der Waals surface area contributed by atoms with Gasteiger partial charge < -0.3 is 10.1 Å². The first kappa shape index (κ1) is 20.7. The summed E-state index contributed by atoms with van der Waals surface area (Å²) in [6.45, 7) is 1.73. The number of sulfonamides is 1. The SMILES string of the molecule is COc1ccc(C(=O)Nc2ccc(S(=O)(=O)Nc3cccc(Cl)c3C)cc2)cc1. The van der Waals surface area contributed by atoms with Crippen LogP contribution < -0.4 is 14.8 Å². The predicted molar refractivity (Wildman–Crippen MR) is 114 cm³/mol. The standard InChI is InChI=1S/C21H19ClN2O4S/c1-14-19(22)4-3-5-20(14)24-29(26,27)18-12-8-16(9-13-18)23-21(25)15-6-10-17(28-2)11-7-15/h3-13,24H,1-2H3,(H,23,25). The number of ether oxygens (including phenoxy) is 1. The topological polar surface area (TPSA) is 84.5 Å². The first-order chi connectivity index (χ1) is 13.8. The molecule has 150 valence electrons. The summed E-state index contributed by atoms with van der Waals surface area (Å²) in [7, 11) is -2.24. The van der Waals surface area contributed by atoms with Crippen LogP contribution in [-0.2, 0) is 10.0 Å². The molecular weight excluding hydrogens is 412 g/mol. The van der Waals surface area contributed by atoms with E-state index >= 15 is 0 Å². The summed E-state index contributed by atoms with van der Waals surface area (Å²) in [5.74, 6) is 0.342. The number of methoxy groups -OCH3 is 1. The summed E-state index contributed by atoms with van der Waals surface area (Å²) in [5.41, 5.74) is 1.99. The van der Waals surface area contributed by atoms with Crippen molar-refractivity contribution in [1.82, 2.24) is 0 Å². The fourth-order valence-electron chi connectivity index (χ4n) is 2.58. The molecule has 0 bridgehead atoms. The number of rotatable bonds is 6. The van der Waals surface area contributed by atoms with Gasteiger partial charge in [0.1, 0.15) is 5.75 Å². The fourth-order valence-corrected chi connectivity index (χ4v) is 3.88. The van der Waals surface area contributed by atoms with Crippen LogP contribution in [0.4, 0.5) is 11.4 Å². The van der Waals surface area contributed by atoms with Crippen molar-refractivity contribution in [2.75, 3.05) is 17.1 Å². The molecule has 0 atom stereocenters. The van der Waals surface area contributed by atoms with E-state index in [2.05, 4.69) is 10.0 Å². The Morgan fingerprint density at radius 1 is 0.966 bits per heavy atom. The Morgan fingerprint density at radius 3 is 2.24 bits per heavy atom. The minimum absolute atomic E-state index is 0.0688. The second kappa shape index (κ2) is 8.55. The van der Waals surface area contributed by atoms with E-state index < -0.39 is 10.0 Å². The van der Waals surface area contributed by atoms with Gasteiger partial charge in [-0.15, -0.1) is 0 Å². The van der Waals surface area contributed by atoms with E-state index in [1.807, 2.05) is 0 Å². The number of carbonyl (C=O) groups excluding carboxylic acids is 1. The van der Waals surface area contributed by atoms with Crippen molar-refractivity contribution in [3.8, 4) is 5.75 Å². The van der Waals surface area contributed by atoms with Crippen molar-refractivity contribution in [1.29, 1.82) is 0 Å². The largest absolute Gasteiger partial charge is 0.497 e. The molecule has 29 heavy (non-hydrogen) atoms. The van der Waals surface area contributed by atoms with Crippen LogP contribution >= 0.6 is 11.6 Å². The van der Waals surface area contributed by atoms with E-state index in [1.54, 1.807) is 56.5 Å². The Kier molecular flexibility index (Phi) is 6.10. The van der Waals surface area contributed by atoms with Crippen molar-refractivity contribution in [2.24, 2.45) is 0 Å². The van der Waals surface area contributed by atoms with Gasteiger partial charge in [0.2, 0.25) is 0 Å². The third-order valence-corrected chi connectivity index (χ3v) is 6.08. The molecule has 6 nitrogen and oxygen atoms in total. The van der Waals surface area contributed by atoms with Gasteiger partial charge in [-0.3, -0.25) is 9.52 Å². The molecule has 0 aliphatic heterocycles. The lowest BCUT2D eigenvalue weighted by atomic mass is 10.2. The summed E-state index contributed by atoms with van der Waals surface area (Å²) in [6.07, 6.45) is 0. The molecule has 0 heterocycles. The minimum Gasteiger partial charge on any atom is -0.497 e. The Balaban J connectivity index is 1.73. The van der Waals surface area contributed by atoms with Crippen molar-refractivity contribution < 1.29 is 17.9 Å². The lowest BCUT2D eigenvalue weighted by Crippen LogP contribution is -2.14. The maximum Gasteiger partial charge on any atom is 0.261 e. The van der Waals surface area contributed by atoms with E-state index in [0.717, 1.165) is 0 Å². The summed E-state index contributed by atoms with van der Waals surface area (Å²) in [5, 5.41) is 3.20. The van der Waals surface area contributed by atoms with Gasteiger partial charge in [0.15, 0.2) is 0 Å². The van der Waals surface area contributed by atoms with Crippen LogP contribution in [0.15, 0.2) is 71.6 Å². The second-order valence-corrected chi connectivity index (χ2v) is 8.31. The van der Waals surface area contributed by atoms with Gasteiger partial charge in [-0.2, -0.15) is 0 Å². The summed E-state index contributed by atoms with van der Waals surface area (Å²) < 4.78 is 32.9. The lowest BCUT2D eigenvalue weighted by molar-refractivity contribution is 0.102. The number of halogens is 1. The van der Waals surface area contributed by atoms with Crippen LogP contribution in [0.3, 0.4) is 0 Å². The molecule has 1 amide bonds. The highest BCUT2D eigenvalue weighted by Crippen LogP contribution is 2.26. The minimum atomic E-state index is -3.79. The Morgan fingerprint density at radius 2 is 1.62 bits per heavy atom. The van der Waals surface area contributed by atoms with Gasteiger partial charge in [-0.1, -0.05) is 17.7 Å². The zero-order valence-corrected chi connectivity index (χ0v) is 17.3. The first-order valence-corrected chi connectivity index (χ1v) is 10.5. The van der Waals surface area contributed by atoms with Crippen molar-refractivity contribution in [3.63, 3.8) is 0 Å². The monoisotopic (exact) mass is 430 g/mol. The van der Waals surface area contributed by atoms with Gasteiger partial charge in [0.05, 0.1) is 17.7 Å². The van der Waals surface area contributed by atoms with E-state index in [-0.39, 0.29) is 10.8 Å². The quantitative estimate of drug-likeness (QED) is 0.593. The van der Waals surface area contributed by atoms with Crippen molar-refractivity contribution in [3.05, 3.63) is 82.9 Å². The normalized spacial score (nSPS) is 11.0. The predicted octanol–water partition coefficient (Wildman–Crippen LogP) is 4.71. The fraction of sp³-hybridized carbons (Fsp3) is 0.0952. The highest BCUT2D eigenvalue weighted by atomic mass is 35.5. The van der Waals surface area contributed by atoms with Crippen LogP contribution in [0.5, 0.6) is 5.75 Å². The average molecular weight is 431 g/mol. The van der Waals surface area contributed by atoms with E-state index in [0.29, 0.717) is 33.3 Å². The molecule has 0 radical (unpaired) electrons. The molecule has 3 aromatic carbocycles. The molecule has 0 aliphatic rings. The third-order valence-electron chi connectivity index (χ3n) is 4.29. The summed E-state index contributed by atoms with van der Waals surface area (Å²) in [6, 6.07) is 17.6. The van der Waals surface area contributed by atoms with E-state index in [1.165, 1.54) is 24.3 Å². The molecule has 0 fully saturated rings. The maximum atomic E-state index is 12.6. The third kappa shape index (κ3) is 4.88. The van der Waals surface area contributed by atoms with Gasteiger partial charge in [0.25, 0.3) is 15.9 Å². The molecule has 0 saturated heterocycles. The number of hydrogen-bond acceptors (Lipinski definition) is 4. The Bertz CT molecular complexity index is 1130. The molecule has 0 unspecified atom stereocenters. The second-order valence-electron chi connectivity index (χ2n) is 6.22. The molecule has 8 heteroatoms. The highest BCUT2D eigenvalue weighted by Gasteiger charge is 2.16. The summed E-state index contributed by atoms with van der Waals surface area (Å²) >= 11 is 6.04. The van der Waals surface area contributed by atoms with Crippen molar-refractivity contribution >= 4 is 38.9 Å². The number of anilines is 2. The molecule has 0 aromatic heterocycles. The van der Waals surface area contributed by atoms with Gasteiger partial charge >= 0.3 is 0 Å². The highest BCUT2D eigenvalue weighted by molar-refractivity contribution is 7.92. The van der Waals surface area contributed by atoms with Crippen molar-refractivity contribution in [2.45, 2.75) is 11.8 Å². The smallest absolute Gasteiger partial charge is 0.261 e. The zero-order chi connectivity index (χ0) is 21.0. The van der Waals surface area contributed by atoms with Gasteiger partial charge in [-0.05, 0) is 73.2 Å². The Hall–Kier alpha value is -3.03. The number of carbonyl (C=O) groups is 1. The molecule has 0 spiro atoms. The van der Waals surface area contributed by atoms with Crippen LogP contribution in [-0.4, -0.2) is 21.4 Å². The number of nitrogens with one attached hydrogen (secondary N) is 2. The number of hydrogen-bond donors (Lipinski definition) is 2. The first-order valence-electron chi connectivity index (χ1n) is 8.63. The van der Waals surface area contributed by atoms with E-state index in [9.17, 15) is 13.2 Å². The van der Waals surface area contributed by atoms with Crippen LogP contribution in [0, 0.1) is 6.92 Å². The Labute approximate surface area is 174 Å². The molecule has 3 rings (SSSR count). The van der Waals surface area contributed by atoms with Crippen LogP contribution in [0.2, 0.25) is 5.02 Å². The van der Waals surface area contributed by atoms with Crippen LogP contribution in [0.1, 0.15) is 15.9 Å². The molecule has 0 saturated carbocycles. The van der Waals surface area contributed by atoms with Gasteiger partial charge in [0, 0.05) is 16.3 Å². The lowest BCUT2D eigenvalue weighted by Gasteiger charge is -2.12. The molecular formula is C21H19ClN2O4S.